The highest BCUT2D eigenvalue weighted by Gasteiger charge is 2.30. The number of benzene rings is 1. The van der Waals surface area contributed by atoms with Crippen LogP contribution in [0.5, 0.6) is 5.75 Å². The van der Waals surface area contributed by atoms with Gasteiger partial charge < -0.3 is 24.2 Å². The van der Waals surface area contributed by atoms with Gasteiger partial charge in [0.2, 0.25) is 5.95 Å². The molecule has 2 aliphatic heterocycles. The maximum atomic E-state index is 9.76. The lowest BCUT2D eigenvalue weighted by Crippen LogP contribution is -2.44. The largest absolute Gasteiger partial charge is 0.496 e. The Hall–Kier alpha value is -2.81. The van der Waals surface area contributed by atoms with Crippen molar-refractivity contribution in [2.24, 2.45) is 5.92 Å². The van der Waals surface area contributed by atoms with Crippen LogP contribution in [-0.2, 0) is 16.1 Å². The Kier molecular flexibility index (Phi) is 6.63. The van der Waals surface area contributed by atoms with Crippen LogP contribution < -0.4 is 9.64 Å². The Morgan fingerprint density at radius 2 is 1.91 bits per heavy atom. The van der Waals surface area contributed by atoms with Crippen molar-refractivity contribution in [1.82, 2.24) is 15.0 Å². The number of aromatic nitrogens is 3. The SMILES string of the molecule is COc1ccc(-c2ccc3c(C4CCOC[C@@H]4C)nc(N4CCOC[C@@H]4C)nc3n2)cc1CO. The second kappa shape index (κ2) is 9.82. The molecule has 180 valence electrons. The second-order valence-electron chi connectivity index (χ2n) is 9.23. The molecule has 1 unspecified atom stereocenters. The summed E-state index contributed by atoms with van der Waals surface area (Å²) < 4.78 is 16.7. The highest BCUT2D eigenvalue weighted by molar-refractivity contribution is 5.82. The summed E-state index contributed by atoms with van der Waals surface area (Å²) in [6.45, 7) is 7.83. The average molecular weight is 465 g/mol. The molecule has 34 heavy (non-hydrogen) atoms. The van der Waals surface area contributed by atoms with Gasteiger partial charge in [0.25, 0.3) is 0 Å². The number of aliphatic hydroxyl groups excluding tert-OH is 1. The Morgan fingerprint density at radius 1 is 1.06 bits per heavy atom. The summed E-state index contributed by atoms with van der Waals surface area (Å²) in [5.74, 6) is 2.04. The van der Waals surface area contributed by atoms with Crippen molar-refractivity contribution in [2.75, 3.05) is 45.0 Å². The zero-order chi connectivity index (χ0) is 23.7. The van der Waals surface area contributed by atoms with Gasteiger partial charge in [-0.25, -0.2) is 9.97 Å². The zero-order valence-electron chi connectivity index (χ0n) is 20.0. The molecule has 0 radical (unpaired) electrons. The summed E-state index contributed by atoms with van der Waals surface area (Å²) in [6, 6.07) is 10.0. The molecule has 8 nitrogen and oxygen atoms in total. The van der Waals surface area contributed by atoms with E-state index in [0.717, 1.165) is 54.1 Å². The Bertz CT molecular complexity index is 1170. The van der Waals surface area contributed by atoms with Gasteiger partial charge >= 0.3 is 0 Å². The summed E-state index contributed by atoms with van der Waals surface area (Å²) in [7, 11) is 1.60. The first-order valence-corrected chi connectivity index (χ1v) is 12.0. The standard InChI is InChI=1S/C26H32N4O4/c1-16-14-33-10-8-20(16)24-21-5-6-22(18-4-7-23(32-3)19(12-18)13-31)27-25(21)29-26(28-24)30-9-11-34-15-17(30)2/h4-7,12,16-17,20,31H,8-11,13-15H2,1-3H3/t16-,17-,20?/m0/s1. The molecule has 2 saturated heterocycles. The molecule has 4 heterocycles. The highest BCUT2D eigenvalue weighted by atomic mass is 16.5. The molecule has 3 atom stereocenters. The minimum absolute atomic E-state index is 0.0996. The molecular formula is C26H32N4O4. The quantitative estimate of drug-likeness (QED) is 0.613. The zero-order valence-corrected chi connectivity index (χ0v) is 20.0. The van der Waals surface area contributed by atoms with Crippen LogP contribution in [0.15, 0.2) is 30.3 Å². The number of morpholine rings is 1. The lowest BCUT2D eigenvalue weighted by molar-refractivity contribution is 0.0466. The number of aliphatic hydroxyl groups is 1. The third-order valence-corrected chi connectivity index (χ3v) is 6.94. The topological polar surface area (TPSA) is 89.8 Å². The number of rotatable bonds is 5. The summed E-state index contributed by atoms with van der Waals surface area (Å²) >= 11 is 0. The monoisotopic (exact) mass is 464 g/mol. The molecule has 0 amide bonds. The normalized spacial score (nSPS) is 23.3. The molecule has 1 aromatic carbocycles. The van der Waals surface area contributed by atoms with Gasteiger partial charge in [-0.2, -0.15) is 4.98 Å². The van der Waals surface area contributed by atoms with Crippen LogP contribution in [0.2, 0.25) is 0 Å². The molecule has 5 rings (SSSR count). The number of hydrogen-bond donors (Lipinski definition) is 1. The molecule has 2 aromatic heterocycles. The van der Waals surface area contributed by atoms with Gasteiger partial charge in [0.05, 0.1) is 44.4 Å². The lowest BCUT2D eigenvalue weighted by atomic mass is 9.85. The number of pyridine rings is 1. The van der Waals surface area contributed by atoms with Crippen molar-refractivity contribution in [3.8, 4) is 17.0 Å². The Balaban J connectivity index is 1.64. The minimum atomic E-state index is -0.0996. The third-order valence-electron chi connectivity index (χ3n) is 6.94. The van der Waals surface area contributed by atoms with Crippen LogP contribution >= 0.6 is 0 Å². The summed E-state index contributed by atoms with van der Waals surface area (Å²) in [4.78, 5) is 17.2. The van der Waals surface area contributed by atoms with Crippen LogP contribution in [0.3, 0.4) is 0 Å². The van der Waals surface area contributed by atoms with Crippen molar-refractivity contribution < 1.29 is 19.3 Å². The maximum Gasteiger partial charge on any atom is 0.228 e. The van der Waals surface area contributed by atoms with E-state index in [9.17, 15) is 5.11 Å². The van der Waals surface area contributed by atoms with E-state index in [1.54, 1.807) is 7.11 Å². The summed E-state index contributed by atoms with van der Waals surface area (Å²) in [5.41, 5.74) is 4.18. The number of hydrogen-bond acceptors (Lipinski definition) is 8. The molecule has 2 aliphatic rings. The fraction of sp³-hybridized carbons (Fsp3) is 0.500. The van der Waals surface area contributed by atoms with Crippen LogP contribution in [-0.4, -0.2) is 66.2 Å². The van der Waals surface area contributed by atoms with Crippen LogP contribution in [0.1, 0.15) is 37.4 Å². The molecule has 1 N–H and O–H groups in total. The van der Waals surface area contributed by atoms with Gasteiger partial charge in [-0.05, 0) is 49.6 Å². The van der Waals surface area contributed by atoms with Crippen molar-refractivity contribution in [1.29, 1.82) is 0 Å². The fourth-order valence-corrected chi connectivity index (χ4v) is 4.97. The molecule has 8 heteroatoms. The van der Waals surface area contributed by atoms with Crippen LogP contribution in [0.25, 0.3) is 22.3 Å². The summed E-state index contributed by atoms with van der Waals surface area (Å²) in [5, 5.41) is 10.7. The van der Waals surface area contributed by atoms with E-state index in [-0.39, 0.29) is 12.6 Å². The van der Waals surface area contributed by atoms with Gasteiger partial charge in [-0.3, -0.25) is 0 Å². The number of anilines is 1. The molecule has 3 aromatic rings. The minimum Gasteiger partial charge on any atom is -0.496 e. The molecule has 0 saturated carbocycles. The average Bonchev–Trinajstić information content (AvgIpc) is 2.88. The van der Waals surface area contributed by atoms with E-state index in [1.165, 1.54) is 0 Å². The van der Waals surface area contributed by atoms with Gasteiger partial charge in [0.1, 0.15) is 5.75 Å². The predicted octanol–water partition coefficient (Wildman–Crippen LogP) is 3.56. The van der Waals surface area contributed by atoms with E-state index in [1.807, 2.05) is 24.3 Å². The van der Waals surface area contributed by atoms with Crippen molar-refractivity contribution >= 4 is 17.0 Å². The third kappa shape index (κ3) is 4.33. The van der Waals surface area contributed by atoms with Gasteiger partial charge in [-0.1, -0.05) is 6.92 Å². The van der Waals surface area contributed by atoms with E-state index >= 15 is 0 Å². The Morgan fingerprint density at radius 3 is 2.68 bits per heavy atom. The van der Waals surface area contributed by atoms with E-state index < -0.39 is 0 Å². The fourth-order valence-electron chi connectivity index (χ4n) is 4.97. The smallest absolute Gasteiger partial charge is 0.228 e. The number of nitrogens with zero attached hydrogens (tertiary/aromatic N) is 4. The number of fused-ring (bicyclic) bond motifs is 1. The molecule has 0 bridgehead atoms. The Labute approximate surface area is 199 Å². The van der Waals surface area contributed by atoms with Crippen molar-refractivity contribution in [3.63, 3.8) is 0 Å². The number of methoxy groups -OCH3 is 1. The molecule has 0 spiro atoms. The van der Waals surface area contributed by atoms with Crippen LogP contribution in [0.4, 0.5) is 5.95 Å². The van der Waals surface area contributed by atoms with E-state index in [0.29, 0.717) is 42.4 Å². The van der Waals surface area contributed by atoms with Gasteiger partial charge in [-0.15, -0.1) is 0 Å². The molecular weight excluding hydrogens is 432 g/mol. The summed E-state index contributed by atoms with van der Waals surface area (Å²) in [6.07, 6.45) is 0.936. The van der Waals surface area contributed by atoms with Crippen molar-refractivity contribution in [3.05, 3.63) is 41.6 Å². The van der Waals surface area contributed by atoms with Gasteiger partial charge in [0.15, 0.2) is 5.65 Å². The van der Waals surface area contributed by atoms with E-state index in [4.69, 9.17) is 29.2 Å². The predicted molar refractivity (Wildman–Crippen MR) is 130 cm³/mol. The van der Waals surface area contributed by atoms with Crippen molar-refractivity contribution in [2.45, 2.75) is 38.8 Å². The lowest BCUT2D eigenvalue weighted by Gasteiger charge is -2.34. The first-order valence-electron chi connectivity index (χ1n) is 12.0. The van der Waals surface area contributed by atoms with E-state index in [2.05, 4.69) is 24.8 Å². The van der Waals surface area contributed by atoms with Gasteiger partial charge in [0, 0.05) is 42.2 Å². The second-order valence-corrected chi connectivity index (χ2v) is 9.23. The first kappa shape index (κ1) is 23.0. The van der Waals surface area contributed by atoms with Crippen LogP contribution in [0, 0.1) is 5.92 Å². The first-order chi connectivity index (χ1) is 16.6. The molecule has 2 fully saturated rings. The highest BCUT2D eigenvalue weighted by Crippen LogP contribution is 2.36. The molecule has 0 aliphatic carbocycles. The number of ether oxygens (including phenoxy) is 3. The maximum absolute atomic E-state index is 9.76.